The molecule has 2 rings (SSSR count). The largest absolute Gasteiger partial charge is 0.437 e. The van der Waals surface area contributed by atoms with Gasteiger partial charge in [0.25, 0.3) is 0 Å². The van der Waals surface area contributed by atoms with Crippen molar-refractivity contribution in [2.75, 3.05) is 0 Å². The van der Waals surface area contributed by atoms with Crippen molar-refractivity contribution in [2.45, 2.75) is 0 Å². The molecule has 0 bridgehead atoms. The summed E-state index contributed by atoms with van der Waals surface area (Å²) in [5, 5.41) is 7.31. The molecular formula is C11H9FN4O. The summed E-state index contributed by atoms with van der Waals surface area (Å²) in [5.41, 5.74) is 5.45. The summed E-state index contributed by atoms with van der Waals surface area (Å²) in [6.07, 6.45) is 2.80. The molecule has 0 saturated heterocycles. The first-order chi connectivity index (χ1) is 8.16. The van der Waals surface area contributed by atoms with E-state index in [0.717, 1.165) is 0 Å². The first-order valence-corrected chi connectivity index (χ1v) is 4.75. The fourth-order valence-corrected chi connectivity index (χ4v) is 1.23. The van der Waals surface area contributed by atoms with Gasteiger partial charge in [-0.05, 0) is 12.1 Å². The molecule has 0 spiro atoms. The molecule has 0 unspecified atom stereocenters. The summed E-state index contributed by atoms with van der Waals surface area (Å²) in [6.45, 7) is 0. The quantitative estimate of drug-likeness (QED) is 0.623. The number of halogens is 1. The molecule has 0 atom stereocenters. The van der Waals surface area contributed by atoms with Gasteiger partial charge in [-0.25, -0.2) is 14.4 Å². The molecule has 0 radical (unpaired) electrons. The summed E-state index contributed by atoms with van der Waals surface area (Å²) < 4.78 is 18.3. The minimum atomic E-state index is -0.421. The lowest BCUT2D eigenvalue weighted by Crippen LogP contribution is -2.15. The van der Waals surface area contributed by atoms with E-state index in [2.05, 4.69) is 9.97 Å². The SMILES string of the molecule is N=C(N)c1nccnc1Oc1cccc(F)c1. The number of nitrogens with two attached hydrogens (primary N) is 1. The van der Waals surface area contributed by atoms with E-state index in [0.29, 0.717) is 0 Å². The minimum absolute atomic E-state index is 0.0746. The molecule has 0 aliphatic carbocycles. The molecule has 5 nitrogen and oxygen atoms in total. The Morgan fingerprint density at radius 1 is 1.29 bits per heavy atom. The lowest BCUT2D eigenvalue weighted by atomic mass is 10.3. The van der Waals surface area contributed by atoms with E-state index in [-0.39, 0.29) is 23.2 Å². The second-order valence-electron chi connectivity index (χ2n) is 3.18. The zero-order chi connectivity index (χ0) is 12.3. The van der Waals surface area contributed by atoms with Crippen LogP contribution in [-0.4, -0.2) is 15.8 Å². The standard InChI is InChI=1S/C11H9FN4O/c12-7-2-1-3-8(6-7)17-11-9(10(13)14)15-4-5-16-11/h1-6H,(H3,13,14). The van der Waals surface area contributed by atoms with Crippen LogP contribution in [-0.2, 0) is 0 Å². The van der Waals surface area contributed by atoms with Gasteiger partial charge in [0, 0.05) is 18.5 Å². The van der Waals surface area contributed by atoms with Crippen molar-refractivity contribution in [1.82, 2.24) is 9.97 Å². The Kier molecular flexibility index (Phi) is 2.95. The van der Waals surface area contributed by atoms with Crippen LogP contribution in [0.5, 0.6) is 11.6 Å². The molecule has 0 amide bonds. The topological polar surface area (TPSA) is 84.9 Å². The van der Waals surface area contributed by atoms with Gasteiger partial charge < -0.3 is 10.5 Å². The second-order valence-corrected chi connectivity index (χ2v) is 3.18. The number of ether oxygens (including phenoxy) is 1. The van der Waals surface area contributed by atoms with E-state index in [9.17, 15) is 4.39 Å². The molecule has 86 valence electrons. The van der Waals surface area contributed by atoms with Crippen LogP contribution in [0.1, 0.15) is 5.69 Å². The van der Waals surface area contributed by atoms with E-state index >= 15 is 0 Å². The Bertz CT molecular complexity index is 559. The number of aromatic nitrogens is 2. The van der Waals surface area contributed by atoms with Crippen LogP contribution in [0.15, 0.2) is 36.7 Å². The number of hydrogen-bond donors (Lipinski definition) is 2. The molecule has 0 fully saturated rings. The molecule has 0 aliphatic rings. The fourth-order valence-electron chi connectivity index (χ4n) is 1.23. The van der Waals surface area contributed by atoms with Gasteiger partial charge >= 0.3 is 0 Å². The molecule has 17 heavy (non-hydrogen) atoms. The third-order valence-electron chi connectivity index (χ3n) is 1.93. The Morgan fingerprint density at radius 3 is 2.76 bits per heavy atom. The van der Waals surface area contributed by atoms with E-state index in [1.54, 1.807) is 6.07 Å². The predicted molar refractivity (Wildman–Crippen MR) is 59.5 cm³/mol. The third-order valence-corrected chi connectivity index (χ3v) is 1.93. The summed E-state index contributed by atoms with van der Waals surface area (Å²) in [4.78, 5) is 7.76. The van der Waals surface area contributed by atoms with Crippen LogP contribution in [0.25, 0.3) is 0 Å². The molecule has 1 aromatic heterocycles. The van der Waals surface area contributed by atoms with E-state index in [1.165, 1.54) is 30.6 Å². The Hall–Kier alpha value is -2.50. The monoisotopic (exact) mass is 232 g/mol. The van der Waals surface area contributed by atoms with Gasteiger partial charge in [-0.15, -0.1) is 0 Å². The molecule has 3 N–H and O–H groups in total. The number of hydrogen-bond acceptors (Lipinski definition) is 4. The van der Waals surface area contributed by atoms with E-state index in [1.807, 2.05) is 0 Å². The summed E-state index contributed by atoms with van der Waals surface area (Å²) in [5.74, 6) is -0.334. The molecule has 0 aliphatic heterocycles. The maximum absolute atomic E-state index is 12.9. The van der Waals surface area contributed by atoms with E-state index in [4.69, 9.17) is 15.9 Å². The van der Waals surface area contributed by atoms with Crippen LogP contribution in [0.3, 0.4) is 0 Å². The van der Waals surface area contributed by atoms with Gasteiger partial charge in [0.15, 0.2) is 5.69 Å². The van der Waals surface area contributed by atoms with Gasteiger partial charge in [-0.2, -0.15) is 0 Å². The lowest BCUT2D eigenvalue weighted by Gasteiger charge is -2.07. The maximum Gasteiger partial charge on any atom is 0.249 e. The molecule has 6 heteroatoms. The highest BCUT2D eigenvalue weighted by Gasteiger charge is 2.10. The summed E-state index contributed by atoms with van der Waals surface area (Å²) in [7, 11) is 0. The normalized spacial score (nSPS) is 9.94. The minimum Gasteiger partial charge on any atom is -0.437 e. The number of nitrogens with one attached hydrogen (secondary N) is 1. The van der Waals surface area contributed by atoms with Gasteiger partial charge in [-0.1, -0.05) is 6.07 Å². The van der Waals surface area contributed by atoms with Crippen molar-refractivity contribution >= 4 is 5.84 Å². The maximum atomic E-state index is 12.9. The zero-order valence-electron chi connectivity index (χ0n) is 8.72. The van der Waals surface area contributed by atoms with Crippen LogP contribution in [0, 0.1) is 11.2 Å². The number of rotatable bonds is 3. The highest BCUT2D eigenvalue weighted by atomic mass is 19.1. The Labute approximate surface area is 96.6 Å². The number of benzene rings is 1. The first kappa shape index (κ1) is 11.0. The van der Waals surface area contributed by atoms with Gasteiger partial charge in [0.2, 0.25) is 5.88 Å². The highest BCUT2D eigenvalue weighted by Crippen LogP contribution is 2.21. The van der Waals surface area contributed by atoms with Crippen molar-refractivity contribution in [1.29, 1.82) is 5.41 Å². The Balaban J connectivity index is 2.33. The smallest absolute Gasteiger partial charge is 0.249 e. The average Bonchev–Trinajstić information content (AvgIpc) is 2.29. The van der Waals surface area contributed by atoms with E-state index < -0.39 is 5.82 Å². The molecule has 1 aromatic carbocycles. The van der Waals surface area contributed by atoms with Gasteiger partial charge in [0.05, 0.1) is 0 Å². The van der Waals surface area contributed by atoms with Crippen molar-refractivity contribution in [2.24, 2.45) is 5.73 Å². The first-order valence-electron chi connectivity index (χ1n) is 4.75. The highest BCUT2D eigenvalue weighted by molar-refractivity contribution is 5.95. The number of nitrogens with zero attached hydrogens (tertiary/aromatic N) is 2. The lowest BCUT2D eigenvalue weighted by molar-refractivity contribution is 0.454. The Morgan fingerprint density at radius 2 is 2.06 bits per heavy atom. The van der Waals surface area contributed by atoms with Crippen molar-refractivity contribution in [3.8, 4) is 11.6 Å². The zero-order valence-corrected chi connectivity index (χ0v) is 8.72. The summed E-state index contributed by atoms with van der Waals surface area (Å²) in [6, 6.07) is 5.59. The summed E-state index contributed by atoms with van der Waals surface area (Å²) >= 11 is 0. The van der Waals surface area contributed by atoms with Crippen LogP contribution >= 0.6 is 0 Å². The van der Waals surface area contributed by atoms with Gasteiger partial charge in [-0.3, -0.25) is 5.41 Å². The number of amidine groups is 1. The average molecular weight is 232 g/mol. The number of nitrogen functional groups attached to an aromatic ring is 1. The fraction of sp³-hybridized carbons (Fsp3) is 0. The van der Waals surface area contributed by atoms with Crippen LogP contribution < -0.4 is 10.5 Å². The molecule has 0 saturated carbocycles. The second kappa shape index (κ2) is 4.56. The van der Waals surface area contributed by atoms with Gasteiger partial charge in [0.1, 0.15) is 17.4 Å². The van der Waals surface area contributed by atoms with Crippen molar-refractivity contribution in [3.63, 3.8) is 0 Å². The van der Waals surface area contributed by atoms with Crippen LogP contribution in [0.2, 0.25) is 0 Å². The molecule has 2 aromatic rings. The molecule has 1 heterocycles. The third kappa shape index (κ3) is 2.54. The van der Waals surface area contributed by atoms with Crippen molar-refractivity contribution in [3.05, 3.63) is 48.2 Å². The predicted octanol–water partition coefficient (Wildman–Crippen LogP) is 1.69. The van der Waals surface area contributed by atoms with Crippen LogP contribution in [0.4, 0.5) is 4.39 Å². The molecular weight excluding hydrogens is 223 g/mol. The van der Waals surface area contributed by atoms with Crippen molar-refractivity contribution < 1.29 is 9.13 Å².